The van der Waals surface area contributed by atoms with E-state index in [4.69, 9.17) is 9.47 Å². The van der Waals surface area contributed by atoms with Crippen LogP contribution in [-0.2, 0) is 19.1 Å². The van der Waals surface area contributed by atoms with E-state index in [2.05, 4.69) is 0 Å². The fourth-order valence-corrected chi connectivity index (χ4v) is 2.44. The molecular formula is C17H30O4. The number of hydrogen-bond donors (Lipinski definition) is 0. The molecule has 0 aliphatic carbocycles. The maximum absolute atomic E-state index is 11.6. The number of hydrogen-bond acceptors (Lipinski definition) is 4. The molecule has 0 saturated carbocycles. The molecule has 0 bridgehead atoms. The molecule has 1 aliphatic rings. The lowest BCUT2D eigenvalue weighted by Gasteiger charge is -2.13. The number of esters is 2. The highest BCUT2D eigenvalue weighted by molar-refractivity contribution is 5.69. The Morgan fingerprint density at radius 3 is 1.38 bits per heavy atom. The Bertz CT molecular complexity index is 273. The van der Waals surface area contributed by atoms with Gasteiger partial charge in [0.15, 0.2) is 0 Å². The van der Waals surface area contributed by atoms with Crippen LogP contribution in [0.25, 0.3) is 0 Å². The van der Waals surface area contributed by atoms with Gasteiger partial charge in [0.25, 0.3) is 0 Å². The Labute approximate surface area is 128 Å². The van der Waals surface area contributed by atoms with Crippen molar-refractivity contribution < 1.29 is 19.1 Å². The topological polar surface area (TPSA) is 52.6 Å². The monoisotopic (exact) mass is 298 g/mol. The number of carbonyl (C=O) groups excluding carboxylic acids is 2. The SMILES string of the molecule is CC1COC(=O)CCCCCCCCCCCC(=O)OC1. The lowest BCUT2D eigenvalue weighted by Crippen LogP contribution is -2.18. The van der Waals surface area contributed by atoms with Crippen LogP contribution in [0.5, 0.6) is 0 Å². The maximum Gasteiger partial charge on any atom is 0.305 e. The minimum atomic E-state index is -0.130. The largest absolute Gasteiger partial charge is 0.465 e. The average Bonchev–Trinajstić information content (AvgIpc) is 2.47. The Kier molecular flexibility index (Phi) is 9.92. The molecule has 0 radical (unpaired) electrons. The zero-order valence-electron chi connectivity index (χ0n) is 13.4. The van der Waals surface area contributed by atoms with Crippen LogP contribution in [0, 0.1) is 5.92 Å². The van der Waals surface area contributed by atoms with Gasteiger partial charge in [0.1, 0.15) is 0 Å². The minimum absolute atomic E-state index is 0.0665. The third-order valence-corrected chi connectivity index (χ3v) is 3.82. The summed E-state index contributed by atoms with van der Waals surface area (Å²) in [6.45, 7) is 2.61. The van der Waals surface area contributed by atoms with E-state index in [1.54, 1.807) is 0 Å². The van der Waals surface area contributed by atoms with E-state index >= 15 is 0 Å². The molecule has 1 fully saturated rings. The normalized spacial score (nSPS) is 22.7. The predicted molar refractivity (Wildman–Crippen MR) is 81.9 cm³/mol. The molecule has 0 atom stereocenters. The molecule has 1 rings (SSSR count). The van der Waals surface area contributed by atoms with Crippen LogP contribution in [0.2, 0.25) is 0 Å². The van der Waals surface area contributed by atoms with Crippen molar-refractivity contribution in [3.63, 3.8) is 0 Å². The quantitative estimate of drug-likeness (QED) is 0.634. The number of carbonyl (C=O) groups is 2. The van der Waals surface area contributed by atoms with E-state index in [1.807, 2.05) is 6.92 Å². The third-order valence-electron chi connectivity index (χ3n) is 3.82. The molecule has 0 unspecified atom stereocenters. The number of cyclic esters (lactones) is 2. The molecule has 0 spiro atoms. The van der Waals surface area contributed by atoms with Crippen LogP contribution in [0.3, 0.4) is 0 Å². The van der Waals surface area contributed by atoms with Crippen LogP contribution in [0.1, 0.15) is 77.6 Å². The first-order chi connectivity index (χ1) is 10.2. The summed E-state index contributed by atoms with van der Waals surface area (Å²) >= 11 is 0. The predicted octanol–water partition coefficient (Wildman–Crippen LogP) is 4.01. The molecule has 0 aromatic carbocycles. The molecule has 21 heavy (non-hydrogen) atoms. The second-order valence-electron chi connectivity index (χ2n) is 6.15. The molecule has 1 saturated heterocycles. The standard InChI is InChI=1S/C17H30O4/c1-15-13-20-16(18)11-9-7-5-3-2-4-6-8-10-12-17(19)21-14-15/h15H,2-14H2,1H3. The average molecular weight is 298 g/mol. The van der Waals surface area contributed by atoms with Crippen LogP contribution in [0.15, 0.2) is 0 Å². The van der Waals surface area contributed by atoms with E-state index in [9.17, 15) is 9.59 Å². The van der Waals surface area contributed by atoms with Gasteiger partial charge in [-0.1, -0.05) is 51.9 Å². The van der Waals surface area contributed by atoms with Crippen molar-refractivity contribution in [2.45, 2.75) is 77.6 Å². The summed E-state index contributed by atoms with van der Waals surface area (Å²) < 4.78 is 10.4. The smallest absolute Gasteiger partial charge is 0.305 e. The van der Waals surface area contributed by atoms with E-state index < -0.39 is 0 Å². The third kappa shape index (κ3) is 10.3. The van der Waals surface area contributed by atoms with E-state index in [0.717, 1.165) is 25.7 Å². The van der Waals surface area contributed by atoms with Gasteiger partial charge in [0, 0.05) is 18.8 Å². The number of ether oxygens (including phenoxy) is 2. The van der Waals surface area contributed by atoms with Crippen LogP contribution < -0.4 is 0 Å². The van der Waals surface area contributed by atoms with Gasteiger partial charge in [-0.15, -0.1) is 0 Å². The minimum Gasteiger partial charge on any atom is -0.465 e. The molecule has 4 heteroatoms. The van der Waals surface area contributed by atoms with Crippen molar-refractivity contribution in [1.82, 2.24) is 0 Å². The molecule has 0 amide bonds. The van der Waals surface area contributed by atoms with Gasteiger partial charge in [-0.2, -0.15) is 0 Å². The van der Waals surface area contributed by atoms with Gasteiger partial charge in [0.2, 0.25) is 0 Å². The second-order valence-corrected chi connectivity index (χ2v) is 6.15. The van der Waals surface area contributed by atoms with Gasteiger partial charge in [-0.25, -0.2) is 0 Å². The van der Waals surface area contributed by atoms with Gasteiger partial charge >= 0.3 is 11.9 Å². The van der Waals surface area contributed by atoms with Crippen molar-refractivity contribution in [3.8, 4) is 0 Å². The summed E-state index contributed by atoms with van der Waals surface area (Å²) in [7, 11) is 0. The Morgan fingerprint density at radius 1 is 0.667 bits per heavy atom. The highest BCUT2D eigenvalue weighted by atomic mass is 16.5. The summed E-state index contributed by atoms with van der Waals surface area (Å²) in [5, 5.41) is 0. The van der Waals surface area contributed by atoms with E-state index in [0.29, 0.717) is 26.1 Å². The first-order valence-electron chi connectivity index (χ1n) is 8.49. The highest BCUT2D eigenvalue weighted by Gasteiger charge is 2.10. The van der Waals surface area contributed by atoms with Crippen molar-refractivity contribution in [2.24, 2.45) is 5.92 Å². The number of rotatable bonds is 0. The van der Waals surface area contributed by atoms with Crippen molar-refractivity contribution in [3.05, 3.63) is 0 Å². The fraction of sp³-hybridized carbons (Fsp3) is 0.882. The molecular weight excluding hydrogens is 268 g/mol. The summed E-state index contributed by atoms with van der Waals surface area (Å²) in [6.07, 6.45) is 11.2. The Balaban J connectivity index is 2.29. The van der Waals surface area contributed by atoms with Crippen molar-refractivity contribution >= 4 is 11.9 Å². The Hall–Kier alpha value is -1.06. The molecule has 1 heterocycles. The van der Waals surface area contributed by atoms with Crippen molar-refractivity contribution in [2.75, 3.05) is 13.2 Å². The molecule has 0 N–H and O–H groups in total. The molecule has 0 aromatic heterocycles. The Morgan fingerprint density at radius 2 is 1.00 bits per heavy atom. The zero-order chi connectivity index (χ0) is 15.3. The van der Waals surface area contributed by atoms with Crippen LogP contribution in [0.4, 0.5) is 0 Å². The molecule has 1 aliphatic heterocycles. The lowest BCUT2D eigenvalue weighted by atomic mass is 10.1. The maximum atomic E-state index is 11.6. The molecule has 4 nitrogen and oxygen atoms in total. The van der Waals surface area contributed by atoms with E-state index in [-0.39, 0.29) is 17.9 Å². The fourth-order valence-electron chi connectivity index (χ4n) is 2.44. The van der Waals surface area contributed by atoms with Gasteiger partial charge in [0.05, 0.1) is 13.2 Å². The summed E-state index contributed by atoms with van der Waals surface area (Å²) in [4.78, 5) is 23.1. The lowest BCUT2D eigenvalue weighted by molar-refractivity contribution is -0.148. The summed E-state index contributed by atoms with van der Waals surface area (Å²) in [6, 6.07) is 0. The van der Waals surface area contributed by atoms with Crippen LogP contribution in [-0.4, -0.2) is 25.2 Å². The van der Waals surface area contributed by atoms with Gasteiger partial charge in [-0.3, -0.25) is 9.59 Å². The first-order valence-corrected chi connectivity index (χ1v) is 8.49. The van der Waals surface area contributed by atoms with Crippen LogP contribution >= 0.6 is 0 Å². The molecule has 122 valence electrons. The van der Waals surface area contributed by atoms with Gasteiger partial charge < -0.3 is 9.47 Å². The van der Waals surface area contributed by atoms with E-state index in [1.165, 1.54) is 32.1 Å². The molecule has 0 aromatic rings. The summed E-state index contributed by atoms with van der Waals surface area (Å²) in [5.41, 5.74) is 0. The van der Waals surface area contributed by atoms with Crippen molar-refractivity contribution in [1.29, 1.82) is 0 Å². The second kappa shape index (κ2) is 11.6. The van der Waals surface area contributed by atoms with Gasteiger partial charge in [-0.05, 0) is 12.8 Å². The zero-order valence-corrected chi connectivity index (χ0v) is 13.4. The summed E-state index contributed by atoms with van der Waals surface area (Å²) in [5.74, 6) is -0.194. The first kappa shape index (κ1) is 18.0. The highest BCUT2D eigenvalue weighted by Crippen LogP contribution is 2.12.